The maximum absolute atomic E-state index is 11.9. The van der Waals surface area contributed by atoms with Crippen molar-refractivity contribution in [3.8, 4) is 6.07 Å². The highest BCUT2D eigenvalue weighted by Crippen LogP contribution is 2.25. The van der Waals surface area contributed by atoms with Crippen LogP contribution in [0.25, 0.3) is 0 Å². The lowest BCUT2D eigenvalue weighted by Gasteiger charge is -2.06. The number of nitriles is 1. The largest absolute Gasteiger partial charge is 0.468 e. The molecule has 110 valence electrons. The van der Waals surface area contributed by atoms with Crippen LogP contribution in [0.1, 0.15) is 0 Å². The number of hydrogen-bond acceptors (Lipinski definition) is 5. The van der Waals surface area contributed by atoms with E-state index in [0.29, 0.717) is 10.7 Å². The molecule has 1 aromatic rings. The van der Waals surface area contributed by atoms with Crippen molar-refractivity contribution in [3.63, 3.8) is 0 Å². The van der Waals surface area contributed by atoms with E-state index in [1.807, 2.05) is 0 Å². The lowest BCUT2D eigenvalue weighted by molar-refractivity contribution is -0.139. The molecule has 0 spiro atoms. The quantitative estimate of drug-likeness (QED) is 0.491. The lowest BCUT2D eigenvalue weighted by Crippen LogP contribution is -2.22. The number of methoxy groups -OCH3 is 1. The zero-order valence-corrected chi connectivity index (χ0v) is 12.5. The van der Waals surface area contributed by atoms with Crippen molar-refractivity contribution >= 4 is 40.8 Å². The minimum Gasteiger partial charge on any atom is -0.468 e. The normalized spacial score (nSPS) is 10.5. The van der Waals surface area contributed by atoms with Gasteiger partial charge in [-0.1, -0.05) is 23.2 Å². The van der Waals surface area contributed by atoms with Crippen LogP contribution in [0.4, 0.5) is 5.69 Å². The van der Waals surface area contributed by atoms with Gasteiger partial charge in [-0.05, 0) is 18.2 Å². The average Bonchev–Trinajstić information content (AvgIpc) is 2.47. The van der Waals surface area contributed by atoms with Gasteiger partial charge in [-0.15, -0.1) is 0 Å². The molecule has 0 bridgehead atoms. The first-order valence-corrected chi connectivity index (χ1v) is 6.40. The van der Waals surface area contributed by atoms with Gasteiger partial charge in [0.1, 0.15) is 18.2 Å². The molecule has 0 atom stereocenters. The van der Waals surface area contributed by atoms with Crippen LogP contribution in [-0.2, 0) is 14.3 Å². The molecular weight excluding hydrogens is 317 g/mol. The standard InChI is InChI=1S/C13H11Cl2N3O3/c1-21-12(19)7-17-6-8(5-16)13(20)18-9-2-3-10(14)11(15)4-9/h2-4,6,17H,7H2,1H3,(H,18,20)/b8-6-. The molecule has 0 aliphatic carbocycles. The molecule has 0 fully saturated rings. The highest BCUT2D eigenvalue weighted by molar-refractivity contribution is 6.42. The van der Waals surface area contributed by atoms with Gasteiger partial charge < -0.3 is 15.4 Å². The second kappa shape index (κ2) is 8.15. The lowest BCUT2D eigenvalue weighted by atomic mass is 10.2. The van der Waals surface area contributed by atoms with Gasteiger partial charge >= 0.3 is 5.97 Å². The van der Waals surface area contributed by atoms with Crippen LogP contribution < -0.4 is 10.6 Å². The number of nitrogens with one attached hydrogen (secondary N) is 2. The zero-order valence-electron chi connectivity index (χ0n) is 10.9. The van der Waals surface area contributed by atoms with E-state index in [4.69, 9.17) is 28.5 Å². The number of benzene rings is 1. The van der Waals surface area contributed by atoms with Crippen LogP contribution in [0.5, 0.6) is 0 Å². The predicted molar refractivity (Wildman–Crippen MR) is 78.8 cm³/mol. The van der Waals surface area contributed by atoms with E-state index in [-0.39, 0.29) is 17.1 Å². The Kier molecular flexibility index (Phi) is 6.53. The number of rotatable bonds is 5. The summed E-state index contributed by atoms with van der Waals surface area (Å²) >= 11 is 11.6. The third-order valence-electron chi connectivity index (χ3n) is 2.26. The van der Waals surface area contributed by atoms with Gasteiger partial charge in [0.05, 0.1) is 17.2 Å². The molecule has 0 aromatic heterocycles. The predicted octanol–water partition coefficient (Wildman–Crippen LogP) is 2.10. The number of nitrogens with zero attached hydrogens (tertiary/aromatic N) is 1. The summed E-state index contributed by atoms with van der Waals surface area (Å²) in [7, 11) is 1.23. The van der Waals surface area contributed by atoms with E-state index in [1.165, 1.54) is 19.2 Å². The number of carbonyl (C=O) groups is 2. The van der Waals surface area contributed by atoms with Crippen molar-refractivity contribution in [2.24, 2.45) is 0 Å². The molecule has 0 saturated carbocycles. The Morgan fingerprint density at radius 1 is 1.38 bits per heavy atom. The zero-order chi connectivity index (χ0) is 15.8. The fraction of sp³-hybridized carbons (Fsp3) is 0.154. The van der Waals surface area contributed by atoms with E-state index in [1.54, 1.807) is 12.1 Å². The summed E-state index contributed by atoms with van der Waals surface area (Å²) in [5, 5.41) is 14.5. The molecule has 0 radical (unpaired) electrons. The summed E-state index contributed by atoms with van der Waals surface area (Å²) < 4.78 is 4.40. The fourth-order valence-corrected chi connectivity index (χ4v) is 1.53. The van der Waals surface area contributed by atoms with Crippen LogP contribution in [0.3, 0.4) is 0 Å². The Labute approximate surface area is 131 Å². The monoisotopic (exact) mass is 327 g/mol. The first kappa shape index (κ1) is 16.8. The Morgan fingerprint density at radius 3 is 2.67 bits per heavy atom. The molecule has 0 aliphatic rings. The second-order valence-electron chi connectivity index (χ2n) is 3.71. The Hall–Kier alpha value is -2.23. The molecule has 8 heteroatoms. The molecule has 2 N–H and O–H groups in total. The number of esters is 1. The summed E-state index contributed by atoms with van der Waals surface area (Å²) in [6.45, 7) is -0.151. The van der Waals surface area contributed by atoms with Crippen LogP contribution >= 0.6 is 23.2 Å². The first-order valence-electron chi connectivity index (χ1n) is 5.64. The number of ether oxygens (including phenoxy) is 1. The summed E-state index contributed by atoms with van der Waals surface area (Å²) in [4.78, 5) is 22.7. The third-order valence-corrected chi connectivity index (χ3v) is 3.00. The maximum Gasteiger partial charge on any atom is 0.325 e. The molecular formula is C13H11Cl2N3O3. The fourth-order valence-electron chi connectivity index (χ4n) is 1.23. The van der Waals surface area contributed by atoms with Crippen molar-refractivity contribution in [1.29, 1.82) is 5.26 Å². The van der Waals surface area contributed by atoms with Crippen molar-refractivity contribution in [2.75, 3.05) is 19.0 Å². The van der Waals surface area contributed by atoms with Crippen LogP contribution in [0, 0.1) is 11.3 Å². The first-order chi connectivity index (χ1) is 9.97. The van der Waals surface area contributed by atoms with Gasteiger partial charge in [-0.3, -0.25) is 9.59 Å². The molecule has 1 amide bonds. The van der Waals surface area contributed by atoms with Gasteiger partial charge in [0.15, 0.2) is 0 Å². The van der Waals surface area contributed by atoms with Gasteiger partial charge in [0, 0.05) is 11.9 Å². The minimum atomic E-state index is -0.645. The van der Waals surface area contributed by atoms with Crippen molar-refractivity contribution in [3.05, 3.63) is 40.0 Å². The molecule has 0 aliphatic heterocycles. The Bertz CT molecular complexity index is 624. The minimum absolute atomic E-state index is 0.151. The number of carbonyl (C=O) groups excluding carboxylic acids is 2. The number of halogens is 2. The van der Waals surface area contributed by atoms with Crippen molar-refractivity contribution in [2.45, 2.75) is 0 Å². The number of amides is 1. The van der Waals surface area contributed by atoms with Gasteiger partial charge in [0.2, 0.25) is 0 Å². The van der Waals surface area contributed by atoms with E-state index in [2.05, 4.69) is 15.4 Å². The van der Waals surface area contributed by atoms with Crippen LogP contribution in [0.2, 0.25) is 10.0 Å². The highest BCUT2D eigenvalue weighted by Gasteiger charge is 2.10. The summed E-state index contributed by atoms with van der Waals surface area (Å²) in [5.41, 5.74) is 0.188. The Morgan fingerprint density at radius 2 is 2.10 bits per heavy atom. The summed E-state index contributed by atoms with van der Waals surface area (Å²) in [5.74, 6) is -1.17. The average molecular weight is 328 g/mol. The van der Waals surface area contributed by atoms with Crippen molar-refractivity contribution < 1.29 is 14.3 Å². The summed E-state index contributed by atoms with van der Waals surface area (Å²) in [6.07, 6.45) is 1.13. The van der Waals surface area contributed by atoms with Gasteiger partial charge in [0.25, 0.3) is 5.91 Å². The van der Waals surface area contributed by atoms with Gasteiger partial charge in [-0.2, -0.15) is 5.26 Å². The van der Waals surface area contributed by atoms with Crippen LogP contribution in [0.15, 0.2) is 30.0 Å². The molecule has 1 rings (SSSR count). The Balaban J connectivity index is 2.71. The summed E-state index contributed by atoms with van der Waals surface area (Å²) in [6, 6.07) is 6.24. The van der Waals surface area contributed by atoms with Crippen molar-refractivity contribution in [1.82, 2.24) is 5.32 Å². The SMILES string of the molecule is COC(=O)CN/C=C(/C#N)C(=O)Nc1ccc(Cl)c(Cl)c1. The smallest absolute Gasteiger partial charge is 0.325 e. The molecule has 0 saturated heterocycles. The molecule has 21 heavy (non-hydrogen) atoms. The number of anilines is 1. The van der Waals surface area contributed by atoms with E-state index >= 15 is 0 Å². The molecule has 6 nitrogen and oxygen atoms in total. The van der Waals surface area contributed by atoms with E-state index in [0.717, 1.165) is 6.20 Å². The van der Waals surface area contributed by atoms with Gasteiger partial charge in [-0.25, -0.2) is 0 Å². The second-order valence-corrected chi connectivity index (χ2v) is 4.52. The molecule has 0 unspecified atom stereocenters. The van der Waals surface area contributed by atoms with E-state index < -0.39 is 11.9 Å². The topological polar surface area (TPSA) is 91.2 Å². The maximum atomic E-state index is 11.9. The molecule has 1 aromatic carbocycles. The third kappa shape index (κ3) is 5.34. The van der Waals surface area contributed by atoms with E-state index in [9.17, 15) is 9.59 Å². The number of hydrogen-bond donors (Lipinski definition) is 2. The highest BCUT2D eigenvalue weighted by atomic mass is 35.5. The van der Waals surface area contributed by atoms with Crippen LogP contribution in [-0.4, -0.2) is 25.5 Å². The molecule has 0 heterocycles.